The van der Waals surface area contributed by atoms with Gasteiger partial charge in [-0.1, -0.05) is 23.7 Å². The number of aromatic nitrogens is 1. The van der Waals surface area contributed by atoms with Crippen LogP contribution >= 0.6 is 47.8 Å². The van der Waals surface area contributed by atoms with E-state index in [-0.39, 0.29) is 36.8 Å². The first-order valence-corrected chi connectivity index (χ1v) is 11.3. The number of hydrogen-bond donors (Lipinski definition) is 1. The molecule has 0 unspecified atom stereocenters. The fraction of sp³-hybridized carbons (Fsp3) is 0.364. The number of benzene rings is 1. The van der Waals surface area contributed by atoms with Gasteiger partial charge in [0.15, 0.2) is 0 Å². The van der Waals surface area contributed by atoms with E-state index in [1.165, 1.54) is 15.6 Å². The summed E-state index contributed by atoms with van der Waals surface area (Å²) in [6.45, 7) is 3.94. The molecule has 31 heavy (non-hydrogen) atoms. The van der Waals surface area contributed by atoms with Gasteiger partial charge in [-0.25, -0.2) is 4.98 Å². The number of thiophene rings is 1. The van der Waals surface area contributed by atoms with Crippen molar-refractivity contribution >= 4 is 69.6 Å². The molecule has 0 bridgehead atoms. The largest absolute Gasteiger partial charge is 0.352 e. The van der Waals surface area contributed by atoms with E-state index in [9.17, 15) is 4.79 Å². The molecule has 2 saturated heterocycles. The molecule has 2 aliphatic heterocycles. The molecule has 4 heterocycles. The molecule has 5 nitrogen and oxygen atoms in total. The van der Waals surface area contributed by atoms with Crippen LogP contribution in [-0.4, -0.2) is 54.6 Å². The average molecular weight is 500 g/mol. The van der Waals surface area contributed by atoms with Gasteiger partial charge in [-0.05, 0) is 52.9 Å². The number of piperazine rings is 1. The number of carbonyl (C=O) groups excluding carboxylic acids is 1. The van der Waals surface area contributed by atoms with Crippen molar-refractivity contribution in [1.29, 1.82) is 0 Å². The highest BCUT2D eigenvalue weighted by Crippen LogP contribution is 2.31. The SMILES string of the molecule is Cl.Cl.O=C([C@H]1C[C@@H](c2cccc(Cl)c2)CN1)N1CCN(c2nccc3ccsc23)CC1. The van der Waals surface area contributed by atoms with Crippen molar-refractivity contribution < 1.29 is 4.79 Å². The summed E-state index contributed by atoms with van der Waals surface area (Å²) in [5.41, 5.74) is 1.21. The van der Waals surface area contributed by atoms with Crippen molar-refractivity contribution in [3.8, 4) is 0 Å². The second kappa shape index (κ2) is 10.4. The topological polar surface area (TPSA) is 48.5 Å². The first-order valence-electron chi connectivity index (χ1n) is 10.0. The van der Waals surface area contributed by atoms with Crippen molar-refractivity contribution in [2.75, 3.05) is 37.6 Å². The van der Waals surface area contributed by atoms with Gasteiger partial charge in [0.05, 0.1) is 10.7 Å². The van der Waals surface area contributed by atoms with Gasteiger partial charge >= 0.3 is 0 Å². The normalized spacial score (nSPS) is 20.9. The minimum Gasteiger partial charge on any atom is -0.352 e. The molecule has 2 aliphatic rings. The standard InChI is InChI=1S/C22H23ClN4OS.2ClH/c23-18-3-1-2-16(12-18)17-13-19(25-14-17)22(28)27-9-7-26(8-10-27)21-20-15(4-6-24-21)5-11-29-20;;/h1-6,11-12,17,19,25H,7-10,13-14H2;2*1H/t17-,19-;;/m1../s1. The lowest BCUT2D eigenvalue weighted by Gasteiger charge is -2.36. The summed E-state index contributed by atoms with van der Waals surface area (Å²) in [6.07, 6.45) is 2.70. The van der Waals surface area contributed by atoms with Gasteiger partial charge in [-0.2, -0.15) is 0 Å². The van der Waals surface area contributed by atoms with Crippen LogP contribution in [0.3, 0.4) is 0 Å². The smallest absolute Gasteiger partial charge is 0.239 e. The zero-order valence-corrected chi connectivity index (χ0v) is 20.1. The molecule has 1 aromatic carbocycles. The monoisotopic (exact) mass is 498 g/mol. The molecule has 0 spiro atoms. The van der Waals surface area contributed by atoms with E-state index in [2.05, 4.69) is 38.8 Å². The number of pyridine rings is 1. The predicted octanol–water partition coefficient (Wildman–Crippen LogP) is 4.59. The van der Waals surface area contributed by atoms with Crippen LogP contribution in [0.1, 0.15) is 17.9 Å². The maximum atomic E-state index is 13.1. The summed E-state index contributed by atoms with van der Waals surface area (Å²) in [6, 6.07) is 12.1. The van der Waals surface area contributed by atoms with Crippen molar-refractivity contribution in [3.05, 3.63) is 58.6 Å². The fourth-order valence-corrected chi connectivity index (χ4v) is 5.51. The molecule has 0 radical (unpaired) electrons. The van der Waals surface area contributed by atoms with Crippen molar-refractivity contribution in [2.45, 2.75) is 18.4 Å². The second-order valence-electron chi connectivity index (χ2n) is 7.73. The maximum absolute atomic E-state index is 13.1. The van der Waals surface area contributed by atoms with E-state index in [0.717, 1.165) is 50.0 Å². The van der Waals surface area contributed by atoms with Crippen LogP contribution < -0.4 is 10.2 Å². The number of carbonyl (C=O) groups is 1. The lowest BCUT2D eigenvalue weighted by molar-refractivity contribution is -0.133. The zero-order chi connectivity index (χ0) is 19.8. The Morgan fingerprint density at radius 2 is 1.94 bits per heavy atom. The minimum absolute atomic E-state index is 0. The Morgan fingerprint density at radius 3 is 2.71 bits per heavy atom. The van der Waals surface area contributed by atoms with Crippen LogP contribution in [0.25, 0.3) is 10.1 Å². The quantitative estimate of drug-likeness (QED) is 0.573. The first kappa shape index (κ1) is 24.1. The predicted molar refractivity (Wildman–Crippen MR) is 134 cm³/mol. The highest BCUT2D eigenvalue weighted by Gasteiger charge is 2.34. The van der Waals surface area contributed by atoms with Gasteiger partial charge in [0.1, 0.15) is 5.82 Å². The summed E-state index contributed by atoms with van der Waals surface area (Å²) in [5.74, 6) is 1.60. The van der Waals surface area contributed by atoms with Crippen LogP contribution in [0.5, 0.6) is 0 Å². The molecule has 2 atom stereocenters. The van der Waals surface area contributed by atoms with E-state index in [0.29, 0.717) is 5.92 Å². The van der Waals surface area contributed by atoms with Gasteiger partial charge < -0.3 is 15.1 Å². The highest BCUT2D eigenvalue weighted by atomic mass is 35.5. The number of halogens is 3. The van der Waals surface area contributed by atoms with Crippen molar-refractivity contribution in [3.63, 3.8) is 0 Å². The number of amides is 1. The third-order valence-electron chi connectivity index (χ3n) is 5.99. The molecule has 1 N–H and O–H groups in total. The Labute approximate surface area is 203 Å². The van der Waals surface area contributed by atoms with Crippen LogP contribution in [0.4, 0.5) is 5.82 Å². The maximum Gasteiger partial charge on any atom is 0.239 e. The van der Waals surface area contributed by atoms with Crippen LogP contribution in [-0.2, 0) is 4.79 Å². The number of fused-ring (bicyclic) bond motifs is 1. The molecule has 0 aliphatic carbocycles. The Hall–Kier alpha value is -1.57. The lowest BCUT2D eigenvalue weighted by Crippen LogP contribution is -2.53. The fourth-order valence-electron chi connectivity index (χ4n) is 4.40. The van der Waals surface area contributed by atoms with Gasteiger partial charge in [-0.3, -0.25) is 4.79 Å². The third kappa shape index (κ3) is 4.94. The molecule has 2 aromatic heterocycles. The molecule has 5 rings (SSSR count). The third-order valence-corrected chi connectivity index (χ3v) is 7.15. The number of nitrogens with one attached hydrogen (secondary N) is 1. The van der Waals surface area contributed by atoms with Crippen LogP contribution in [0, 0.1) is 0 Å². The van der Waals surface area contributed by atoms with E-state index < -0.39 is 0 Å². The Bertz CT molecular complexity index is 1040. The van der Waals surface area contributed by atoms with Crippen LogP contribution in [0.2, 0.25) is 5.02 Å². The summed E-state index contributed by atoms with van der Waals surface area (Å²) >= 11 is 7.86. The van der Waals surface area contributed by atoms with Crippen LogP contribution in [0.15, 0.2) is 48.0 Å². The summed E-state index contributed by atoms with van der Waals surface area (Å²) in [4.78, 5) is 22.0. The van der Waals surface area contributed by atoms with E-state index in [1.807, 2.05) is 29.3 Å². The number of nitrogens with zero attached hydrogens (tertiary/aromatic N) is 3. The van der Waals surface area contributed by atoms with Gasteiger partial charge in [0.2, 0.25) is 5.91 Å². The number of anilines is 1. The highest BCUT2D eigenvalue weighted by molar-refractivity contribution is 7.17. The van der Waals surface area contributed by atoms with Gasteiger partial charge in [0.25, 0.3) is 0 Å². The van der Waals surface area contributed by atoms with Crippen molar-refractivity contribution in [2.24, 2.45) is 0 Å². The summed E-state index contributed by atoms with van der Waals surface area (Å²) in [7, 11) is 0. The second-order valence-corrected chi connectivity index (χ2v) is 9.09. The van der Waals surface area contributed by atoms with Gasteiger partial charge in [-0.15, -0.1) is 36.2 Å². The molecule has 9 heteroatoms. The Balaban J connectivity index is 0.00000136. The zero-order valence-electron chi connectivity index (χ0n) is 16.9. The average Bonchev–Trinajstić information content (AvgIpc) is 3.43. The Morgan fingerprint density at radius 1 is 1.13 bits per heavy atom. The molecule has 166 valence electrons. The summed E-state index contributed by atoms with van der Waals surface area (Å²) in [5, 5.41) is 7.52. The molecule has 0 saturated carbocycles. The lowest BCUT2D eigenvalue weighted by atomic mass is 9.96. The van der Waals surface area contributed by atoms with E-state index >= 15 is 0 Å². The summed E-state index contributed by atoms with van der Waals surface area (Å²) < 4.78 is 1.23. The minimum atomic E-state index is -0.107. The Kier molecular flexibility index (Phi) is 8.05. The van der Waals surface area contributed by atoms with Crippen molar-refractivity contribution in [1.82, 2.24) is 15.2 Å². The number of rotatable bonds is 3. The molecule has 2 fully saturated rings. The van der Waals surface area contributed by atoms with E-state index in [1.54, 1.807) is 11.3 Å². The number of hydrogen-bond acceptors (Lipinski definition) is 5. The van der Waals surface area contributed by atoms with Gasteiger partial charge in [0, 0.05) is 43.9 Å². The molecular weight excluding hydrogens is 475 g/mol. The molecular formula is C22H25Cl3N4OS. The molecule has 1 amide bonds. The molecule has 3 aromatic rings. The van der Waals surface area contributed by atoms with E-state index in [4.69, 9.17) is 11.6 Å². The first-order chi connectivity index (χ1) is 14.2.